The molecule has 1 aliphatic heterocycles. The van der Waals surface area contributed by atoms with Crippen LogP contribution in [0, 0.1) is 34.5 Å². The van der Waals surface area contributed by atoms with Gasteiger partial charge in [0.05, 0.1) is 0 Å². The predicted octanol–water partition coefficient (Wildman–Crippen LogP) is 4.04. The molecule has 4 aliphatic rings. The molecule has 3 saturated carbocycles. The van der Waals surface area contributed by atoms with Crippen molar-refractivity contribution in [3.63, 3.8) is 0 Å². The number of hydrogen-bond acceptors (Lipinski definition) is 2. The van der Waals surface area contributed by atoms with E-state index in [9.17, 15) is 9.59 Å². The van der Waals surface area contributed by atoms with Crippen molar-refractivity contribution in [1.82, 2.24) is 10.6 Å². The van der Waals surface area contributed by atoms with E-state index >= 15 is 0 Å². The number of nitrogens with one attached hydrogen (secondary N) is 2. The third-order valence-electron chi connectivity index (χ3n) is 8.74. The molecule has 0 spiro atoms. The van der Waals surface area contributed by atoms with Crippen LogP contribution in [0.15, 0.2) is 0 Å². The van der Waals surface area contributed by atoms with Gasteiger partial charge >= 0.3 is 0 Å². The Labute approximate surface area is 164 Å². The van der Waals surface area contributed by atoms with Crippen LogP contribution in [0.1, 0.15) is 86.0 Å². The maximum atomic E-state index is 12.9. The molecule has 1 heterocycles. The Bertz CT molecular complexity index is 639. The van der Waals surface area contributed by atoms with E-state index in [1.165, 1.54) is 38.5 Å². The smallest absolute Gasteiger partial charge is 0.232 e. The van der Waals surface area contributed by atoms with Crippen molar-refractivity contribution in [1.29, 1.82) is 0 Å². The maximum Gasteiger partial charge on any atom is 0.232 e. The molecule has 4 rings (SSSR count). The largest absolute Gasteiger partial charge is 0.352 e. The summed E-state index contributed by atoms with van der Waals surface area (Å²) in [6.45, 7) is 10.8. The molecular weight excluding hydrogens is 336 g/mol. The number of piperidine rings is 1. The van der Waals surface area contributed by atoms with E-state index in [0.29, 0.717) is 11.3 Å². The fourth-order valence-corrected chi connectivity index (χ4v) is 7.45. The molecule has 0 bridgehead atoms. The lowest BCUT2D eigenvalue weighted by molar-refractivity contribution is -0.151. The van der Waals surface area contributed by atoms with E-state index in [0.717, 1.165) is 24.7 Å². The second-order valence-corrected chi connectivity index (χ2v) is 11.6. The first-order valence-corrected chi connectivity index (χ1v) is 11.2. The standard InChI is InChI=1S/C23H38N2O2/c1-21(2,3)25-20(27)15-13-23(5)17-10-12-22(4)11-6-7-16(22)14(17)8-9-18(23)24-19(15)26/h14-18H,6-13H2,1-5H3,(H,24,26)(H,25,27)/t14-,15?,16-,17+,18?,22-,23+/m0/s1. The summed E-state index contributed by atoms with van der Waals surface area (Å²) in [6, 6.07) is 0.246. The zero-order chi connectivity index (χ0) is 19.6. The molecule has 4 heteroatoms. The molecule has 0 aromatic rings. The van der Waals surface area contributed by atoms with Gasteiger partial charge in [0.2, 0.25) is 11.8 Å². The summed E-state index contributed by atoms with van der Waals surface area (Å²) < 4.78 is 0. The van der Waals surface area contributed by atoms with Gasteiger partial charge in [-0.15, -0.1) is 0 Å². The fourth-order valence-electron chi connectivity index (χ4n) is 7.45. The molecule has 3 aliphatic carbocycles. The number of rotatable bonds is 1. The number of hydrogen-bond donors (Lipinski definition) is 2. The van der Waals surface area contributed by atoms with Crippen molar-refractivity contribution in [3.05, 3.63) is 0 Å². The van der Waals surface area contributed by atoms with Crippen molar-refractivity contribution in [2.24, 2.45) is 34.5 Å². The Morgan fingerprint density at radius 3 is 2.52 bits per heavy atom. The minimum Gasteiger partial charge on any atom is -0.352 e. The highest BCUT2D eigenvalue weighted by Gasteiger charge is 2.60. The molecule has 152 valence electrons. The second-order valence-electron chi connectivity index (χ2n) is 11.6. The first-order valence-electron chi connectivity index (χ1n) is 11.2. The Kier molecular flexibility index (Phi) is 4.44. The van der Waals surface area contributed by atoms with Crippen molar-refractivity contribution >= 4 is 11.8 Å². The minimum absolute atomic E-state index is 0.0562. The van der Waals surface area contributed by atoms with Crippen LogP contribution in [-0.4, -0.2) is 23.4 Å². The van der Waals surface area contributed by atoms with Gasteiger partial charge in [-0.05, 0) is 94.3 Å². The molecule has 0 radical (unpaired) electrons. The van der Waals surface area contributed by atoms with Crippen LogP contribution in [0.2, 0.25) is 0 Å². The van der Waals surface area contributed by atoms with Crippen molar-refractivity contribution in [3.8, 4) is 0 Å². The topological polar surface area (TPSA) is 58.2 Å². The normalized spacial score (nSPS) is 46.7. The molecule has 7 atom stereocenters. The van der Waals surface area contributed by atoms with Gasteiger partial charge in [-0.1, -0.05) is 20.3 Å². The van der Waals surface area contributed by atoms with E-state index in [1.807, 2.05) is 20.8 Å². The van der Waals surface area contributed by atoms with Gasteiger partial charge in [0.1, 0.15) is 5.92 Å². The van der Waals surface area contributed by atoms with Gasteiger partial charge in [-0.2, -0.15) is 0 Å². The highest BCUT2D eigenvalue weighted by molar-refractivity contribution is 6.01. The summed E-state index contributed by atoms with van der Waals surface area (Å²) >= 11 is 0. The summed E-state index contributed by atoms with van der Waals surface area (Å²) in [5.41, 5.74) is 0.298. The zero-order valence-corrected chi connectivity index (χ0v) is 17.9. The Morgan fingerprint density at radius 2 is 1.81 bits per heavy atom. The van der Waals surface area contributed by atoms with Crippen LogP contribution in [-0.2, 0) is 9.59 Å². The molecule has 2 unspecified atom stereocenters. The molecule has 27 heavy (non-hydrogen) atoms. The summed E-state index contributed by atoms with van der Waals surface area (Å²) in [6.07, 6.45) is 9.83. The zero-order valence-electron chi connectivity index (χ0n) is 17.9. The SMILES string of the molecule is CC(C)(C)NC(=O)C1C[C@@]2(C)C(CC[C@@H]3[C@H]2CC[C@]2(C)CCC[C@@H]32)NC1=O. The van der Waals surface area contributed by atoms with E-state index < -0.39 is 5.92 Å². The maximum absolute atomic E-state index is 12.9. The van der Waals surface area contributed by atoms with Gasteiger partial charge < -0.3 is 10.6 Å². The number of amides is 2. The van der Waals surface area contributed by atoms with Crippen molar-refractivity contribution in [2.45, 2.75) is 97.6 Å². The van der Waals surface area contributed by atoms with Gasteiger partial charge in [0.25, 0.3) is 0 Å². The van der Waals surface area contributed by atoms with Crippen LogP contribution in [0.25, 0.3) is 0 Å². The van der Waals surface area contributed by atoms with Gasteiger partial charge in [0, 0.05) is 11.6 Å². The quantitative estimate of drug-likeness (QED) is 0.681. The first kappa shape index (κ1) is 19.3. The minimum atomic E-state index is -0.541. The Hall–Kier alpha value is -1.06. The Balaban J connectivity index is 1.58. The fraction of sp³-hybridized carbons (Fsp3) is 0.913. The summed E-state index contributed by atoms with van der Waals surface area (Å²) in [7, 11) is 0. The molecule has 2 amide bonds. The van der Waals surface area contributed by atoms with E-state index in [2.05, 4.69) is 24.5 Å². The van der Waals surface area contributed by atoms with E-state index in [-0.39, 0.29) is 28.8 Å². The summed E-state index contributed by atoms with van der Waals surface area (Å²) in [5, 5.41) is 6.33. The van der Waals surface area contributed by atoms with E-state index in [1.54, 1.807) is 0 Å². The lowest BCUT2D eigenvalue weighted by Gasteiger charge is -2.60. The number of fused-ring (bicyclic) bond motifs is 5. The molecule has 4 nitrogen and oxygen atoms in total. The molecule has 1 saturated heterocycles. The number of carbonyl (C=O) groups is 2. The highest BCUT2D eigenvalue weighted by atomic mass is 16.2. The van der Waals surface area contributed by atoms with Crippen LogP contribution in [0.5, 0.6) is 0 Å². The molecule has 2 N–H and O–H groups in total. The van der Waals surface area contributed by atoms with Crippen molar-refractivity contribution in [2.75, 3.05) is 0 Å². The third-order valence-corrected chi connectivity index (χ3v) is 8.74. The van der Waals surface area contributed by atoms with Gasteiger partial charge in [-0.25, -0.2) is 0 Å². The lowest BCUT2D eigenvalue weighted by atomic mass is 9.47. The number of carbonyl (C=O) groups excluding carboxylic acids is 2. The average molecular weight is 375 g/mol. The second kappa shape index (κ2) is 6.22. The van der Waals surface area contributed by atoms with Crippen LogP contribution < -0.4 is 10.6 Å². The molecular formula is C23H38N2O2. The first-order chi connectivity index (χ1) is 12.5. The average Bonchev–Trinajstić information content (AvgIpc) is 2.95. The monoisotopic (exact) mass is 374 g/mol. The third kappa shape index (κ3) is 3.11. The summed E-state index contributed by atoms with van der Waals surface area (Å²) in [4.78, 5) is 25.6. The van der Waals surface area contributed by atoms with Gasteiger partial charge in [0.15, 0.2) is 0 Å². The molecule has 4 fully saturated rings. The summed E-state index contributed by atoms with van der Waals surface area (Å²) in [5.74, 6) is 1.60. The van der Waals surface area contributed by atoms with E-state index in [4.69, 9.17) is 0 Å². The van der Waals surface area contributed by atoms with Crippen molar-refractivity contribution < 1.29 is 9.59 Å². The Morgan fingerprint density at radius 1 is 1.07 bits per heavy atom. The highest BCUT2D eigenvalue weighted by Crippen LogP contribution is 2.64. The van der Waals surface area contributed by atoms with Crippen LogP contribution >= 0.6 is 0 Å². The van der Waals surface area contributed by atoms with Gasteiger partial charge in [-0.3, -0.25) is 9.59 Å². The lowest BCUT2D eigenvalue weighted by Crippen LogP contribution is -2.65. The van der Waals surface area contributed by atoms with Crippen LogP contribution in [0.4, 0.5) is 0 Å². The molecule has 0 aromatic heterocycles. The van der Waals surface area contributed by atoms with Crippen LogP contribution in [0.3, 0.4) is 0 Å². The molecule has 0 aromatic carbocycles. The predicted molar refractivity (Wildman–Crippen MR) is 107 cm³/mol.